The minimum Gasteiger partial charge on any atom is -0.495 e. The molecule has 0 fully saturated rings. The van der Waals surface area contributed by atoms with Crippen molar-refractivity contribution in [1.29, 1.82) is 0 Å². The molecule has 0 atom stereocenters. The Labute approximate surface area is 144 Å². The Morgan fingerprint density at radius 1 is 1.00 bits per heavy atom. The molecule has 3 aromatic rings. The Hall–Kier alpha value is -3.41. The zero-order valence-corrected chi connectivity index (χ0v) is 13.9. The van der Waals surface area contributed by atoms with Crippen LogP contribution in [0.2, 0.25) is 0 Å². The van der Waals surface area contributed by atoms with Crippen LogP contribution >= 0.6 is 0 Å². The van der Waals surface area contributed by atoms with E-state index in [1.807, 2.05) is 30.3 Å². The highest BCUT2D eigenvalue weighted by Gasteiger charge is 2.12. The molecule has 1 heterocycles. The molecular formula is C19H17N3O3. The van der Waals surface area contributed by atoms with Gasteiger partial charge >= 0.3 is 0 Å². The Bertz CT molecular complexity index is 954. The van der Waals surface area contributed by atoms with E-state index < -0.39 is 0 Å². The van der Waals surface area contributed by atoms with Crippen LogP contribution in [-0.2, 0) is 4.79 Å². The molecule has 6 heteroatoms. The zero-order chi connectivity index (χ0) is 17.8. The van der Waals surface area contributed by atoms with Gasteiger partial charge in [0.25, 0.3) is 5.91 Å². The molecule has 2 N–H and O–H groups in total. The number of para-hydroxylation sites is 1. The number of hydrogen-bond donors (Lipinski definition) is 2. The second-order valence-corrected chi connectivity index (χ2v) is 5.44. The Kier molecular flexibility index (Phi) is 4.61. The van der Waals surface area contributed by atoms with Gasteiger partial charge in [-0.2, -0.15) is 0 Å². The van der Waals surface area contributed by atoms with Gasteiger partial charge < -0.3 is 15.4 Å². The molecule has 0 aliphatic carbocycles. The predicted molar refractivity (Wildman–Crippen MR) is 97.0 cm³/mol. The third kappa shape index (κ3) is 3.74. The van der Waals surface area contributed by atoms with E-state index in [1.165, 1.54) is 14.0 Å². The van der Waals surface area contributed by atoms with Crippen LogP contribution in [0.1, 0.15) is 17.4 Å². The van der Waals surface area contributed by atoms with E-state index in [9.17, 15) is 9.59 Å². The van der Waals surface area contributed by atoms with Gasteiger partial charge in [0, 0.05) is 18.0 Å². The van der Waals surface area contributed by atoms with Crippen LogP contribution in [-0.4, -0.2) is 23.9 Å². The summed E-state index contributed by atoms with van der Waals surface area (Å²) < 4.78 is 5.26. The van der Waals surface area contributed by atoms with Crippen molar-refractivity contribution in [2.45, 2.75) is 6.92 Å². The Morgan fingerprint density at radius 3 is 2.56 bits per heavy atom. The number of ether oxygens (including phenoxy) is 1. The van der Waals surface area contributed by atoms with E-state index in [0.29, 0.717) is 22.8 Å². The van der Waals surface area contributed by atoms with Crippen LogP contribution in [0, 0.1) is 0 Å². The lowest BCUT2D eigenvalue weighted by molar-refractivity contribution is -0.114. The Morgan fingerprint density at radius 2 is 1.80 bits per heavy atom. The first-order valence-corrected chi connectivity index (χ1v) is 7.69. The minimum absolute atomic E-state index is 0.196. The summed E-state index contributed by atoms with van der Waals surface area (Å²) in [6.07, 6.45) is 0. The number of anilines is 2. The molecule has 0 radical (unpaired) electrons. The molecule has 3 rings (SSSR count). The number of nitrogens with one attached hydrogen (secondary N) is 2. The molecule has 0 unspecified atom stereocenters. The van der Waals surface area contributed by atoms with Crippen LogP contribution in [0.4, 0.5) is 11.4 Å². The largest absolute Gasteiger partial charge is 0.495 e. The van der Waals surface area contributed by atoms with E-state index in [-0.39, 0.29) is 11.8 Å². The van der Waals surface area contributed by atoms with Crippen LogP contribution in [0.15, 0.2) is 54.6 Å². The van der Waals surface area contributed by atoms with E-state index in [0.717, 1.165) is 10.9 Å². The lowest BCUT2D eigenvalue weighted by Gasteiger charge is -2.12. The normalized spacial score (nSPS) is 10.3. The second kappa shape index (κ2) is 7.00. The van der Waals surface area contributed by atoms with Crippen molar-refractivity contribution in [3.8, 4) is 5.75 Å². The highest BCUT2D eigenvalue weighted by molar-refractivity contribution is 6.05. The van der Waals surface area contributed by atoms with Crippen molar-refractivity contribution in [2.75, 3.05) is 17.7 Å². The highest BCUT2D eigenvalue weighted by atomic mass is 16.5. The van der Waals surface area contributed by atoms with E-state index in [4.69, 9.17) is 4.74 Å². The molecule has 0 aliphatic heterocycles. The van der Waals surface area contributed by atoms with E-state index in [1.54, 1.807) is 24.3 Å². The molecule has 0 saturated heterocycles. The maximum Gasteiger partial charge on any atom is 0.274 e. The number of methoxy groups -OCH3 is 1. The van der Waals surface area contributed by atoms with E-state index >= 15 is 0 Å². The van der Waals surface area contributed by atoms with Gasteiger partial charge in [0.2, 0.25) is 5.91 Å². The average molecular weight is 335 g/mol. The first-order chi connectivity index (χ1) is 12.1. The van der Waals surface area contributed by atoms with Crippen molar-refractivity contribution in [3.63, 3.8) is 0 Å². The summed E-state index contributed by atoms with van der Waals surface area (Å²) in [6.45, 7) is 1.42. The SMILES string of the molecule is COc1ccc(NC(C)=O)cc1NC(=O)c1ccc2ccccc2n1. The maximum atomic E-state index is 12.5. The van der Waals surface area contributed by atoms with Crippen LogP contribution in [0.5, 0.6) is 5.75 Å². The quantitative estimate of drug-likeness (QED) is 0.765. The van der Waals surface area contributed by atoms with Crippen molar-refractivity contribution < 1.29 is 14.3 Å². The monoisotopic (exact) mass is 335 g/mol. The van der Waals surface area contributed by atoms with Crippen molar-refractivity contribution in [1.82, 2.24) is 4.98 Å². The maximum absolute atomic E-state index is 12.5. The fourth-order valence-electron chi connectivity index (χ4n) is 2.47. The second-order valence-electron chi connectivity index (χ2n) is 5.44. The van der Waals surface area contributed by atoms with Gasteiger partial charge in [0.15, 0.2) is 0 Å². The summed E-state index contributed by atoms with van der Waals surface area (Å²) in [4.78, 5) is 28.1. The summed E-state index contributed by atoms with van der Waals surface area (Å²) in [6, 6.07) is 16.1. The summed E-state index contributed by atoms with van der Waals surface area (Å²) in [7, 11) is 1.51. The third-order valence-electron chi connectivity index (χ3n) is 3.60. The summed E-state index contributed by atoms with van der Waals surface area (Å²) in [5.41, 5.74) is 2.06. The molecule has 1 aromatic heterocycles. The standard InChI is InChI=1S/C19H17N3O3/c1-12(23)20-14-8-10-18(25-2)17(11-14)22-19(24)16-9-7-13-5-3-4-6-15(13)21-16/h3-11H,1-2H3,(H,20,23)(H,22,24). The lowest BCUT2D eigenvalue weighted by Crippen LogP contribution is -2.15. The average Bonchev–Trinajstić information content (AvgIpc) is 2.61. The number of carbonyl (C=O) groups is 2. The third-order valence-corrected chi connectivity index (χ3v) is 3.60. The molecule has 126 valence electrons. The molecule has 0 spiro atoms. The van der Waals surface area contributed by atoms with Gasteiger partial charge in [-0.25, -0.2) is 4.98 Å². The van der Waals surface area contributed by atoms with Gasteiger partial charge in [0.05, 0.1) is 18.3 Å². The topological polar surface area (TPSA) is 80.3 Å². The minimum atomic E-state index is -0.357. The Balaban J connectivity index is 1.89. The first-order valence-electron chi connectivity index (χ1n) is 7.69. The molecule has 25 heavy (non-hydrogen) atoms. The van der Waals surface area contributed by atoms with Crippen LogP contribution in [0.25, 0.3) is 10.9 Å². The number of nitrogens with zero attached hydrogens (tertiary/aromatic N) is 1. The number of fused-ring (bicyclic) bond motifs is 1. The number of benzene rings is 2. The number of hydrogen-bond acceptors (Lipinski definition) is 4. The predicted octanol–water partition coefficient (Wildman–Crippen LogP) is 3.45. The zero-order valence-electron chi connectivity index (χ0n) is 13.9. The van der Waals surface area contributed by atoms with Gasteiger partial charge in [-0.3, -0.25) is 9.59 Å². The van der Waals surface area contributed by atoms with Gasteiger partial charge in [-0.15, -0.1) is 0 Å². The van der Waals surface area contributed by atoms with E-state index in [2.05, 4.69) is 15.6 Å². The van der Waals surface area contributed by atoms with Gasteiger partial charge in [-0.1, -0.05) is 24.3 Å². The molecule has 2 amide bonds. The molecule has 2 aromatic carbocycles. The first kappa shape index (κ1) is 16.4. The lowest BCUT2D eigenvalue weighted by atomic mass is 10.2. The van der Waals surface area contributed by atoms with Crippen LogP contribution < -0.4 is 15.4 Å². The molecular weight excluding hydrogens is 318 g/mol. The van der Waals surface area contributed by atoms with Crippen molar-refractivity contribution in [3.05, 3.63) is 60.3 Å². The van der Waals surface area contributed by atoms with Crippen LogP contribution in [0.3, 0.4) is 0 Å². The molecule has 6 nitrogen and oxygen atoms in total. The fraction of sp³-hybridized carbons (Fsp3) is 0.105. The molecule has 0 aliphatic rings. The van der Waals surface area contributed by atoms with Crippen molar-refractivity contribution in [2.24, 2.45) is 0 Å². The highest BCUT2D eigenvalue weighted by Crippen LogP contribution is 2.28. The number of rotatable bonds is 4. The smallest absolute Gasteiger partial charge is 0.274 e. The summed E-state index contributed by atoms with van der Waals surface area (Å²) in [5.74, 6) is -0.0640. The number of aromatic nitrogens is 1. The number of carbonyl (C=O) groups excluding carboxylic acids is 2. The number of amides is 2. The molecule has 0 saturated carbocycles. The molecule has 0 bridgehead atoms. The fourth-order valence-corrected chi connectivity index (χ4v) is 2.47. The van der Waals surface area contributed by atoms with Gasteiger partial charge in [-0.05, 0) is 30.3 Å². The van der Waals surface area contributed by atoms with Gasteiger partial charge in [0.1, 0.15) is 11.4 Å². The summed E-state index contributed by atoms with van der Waals surface area (Å²) >= 11 is 0. The van der Waals surface area contributed by atoms with Crippen molar-refractivity contribution >= 4 is 34.1 Å². The summed E-state index contributed by atoms with van der Waals surface area (Å²) in [5, 5.41) is 6.41. The number of pyridine rings is 1.